The minimum Gasteiger partial charge on any atom is -0.494 e. The van der Waals surface area contributed by atoms with Crippen LogP contribution in [0.15, 0.2) is 66.4 Å². The minimum atomic E-state index is -0.291. The maximum Gasteiger partial charge on any atom is 0.264 e. The van der Waals surface area contributed by atoms with Crippen LogP contribution in [0.4, 0.5) is 0 Å². The zero-order valence-corrected chi connectivity index (χ0v) is 19.3. The van der Waals surface area contributed by atoms with Crippen LogP contribution < -0.4 is 4.74 Å². The Morgan fingerprint density at radius 1 is 1.18 bits per heavy atom. The van der Waals surface area contributed by atoms with Crippen LogP contribution in [-0.2, 0) is 9.53 Å². The number of nitriles is 1. The monoisotopic (exact) mass is 456 g/mol. The lowest BCUT2D eigenvalue weighted by Crippen LogP contribution is -2.41. The van der Waals surface area contributed by atoms with Crippen LogP contribution in [-0.4, -0.2) is 53.5 Å². The van der Waals surface area contributed by atoms with Gasteiger partial charge < -0.3 is 14.4 Å². The molecule has 0 bridgehead atoms. The van der Waals surface area contributed by atoms with Gasteiger partial charge in [-0.15, -0.1) is 0 Å². The summed E-state index contributed by atoms with van der Waals surface area (Å²) in [7, 11) is 0. The van der Waals surface area contributed by atoms with Crippen molar-refractivity contribution in [1.29, 1.82) is 5.26 Å². The highest BCUT2D eigenvalue weighted by atomic mass is 16.5. The summed E-state index contributed by atoms with van der Waals surface area (Å²) in [6, 6.07) is 19.6. The third-order valence-electron chi connectivity index (χ3n) is 5.59. The largest absolute Gasteiger partial charge is 0.494 e. The number of benzene rings is 2. The maximum absolute atomic E-state index is 13.0. The van der Waals surface area contributed by atoms with Crippen molar-refractivity contribution in [3.63, 3.8) is 0 Å². The molecule has 0 radical (unpaired) electrons. The lowest BCUT2D eigenvalue weighted by molar-refractivity contribution is -0.130. The molecule has 0 atom stereocenters. The molecule has 0 N–H and O–H groups in total. The molecule has 1 aliphatic rings. The van der Waals surface area contributed by atoms with Gasteiger partial charge in [0.1, 0.15) is 23.1 Å². The molecule has 7 heteroatoms. The standard InChI is InChI=1S/C27H28N4O3/c1-2-3-14-34-25-11-7-8-21(18-25)26-23(20-31(29-26)24-9-5-4-6-10-24)17-22(19-28)27(32)30-12-15-33-16-13-30/h4-11,17-18,20H,2-3,12-16H2,1H3/b22-17-. The second kappa shape index (κ2) is 11.3. The Kier molecular flexibility index (Phi) is 7.74. The van der Waals surface area contributed by atoms with E-state index in [2.05, 4.69) is 13.0 Å². The van der Waals surface area contributed by atoms with Gasteiger partial charge >= 0.3 is 0 Å². The molecule has 34 heavy (non-hydrogen) atoms. The van der Waals surface area contributed by atoms with Crippen molar-refractivity contribution < 1.29 is 14.3 Å². The van der Waals surface area contributed by atoms with E-state index in [-0.39, 0.29) is 11.5 Å². The summed E-state index contributed by atoms with van der Waals surface area (Å²) in [6.07, 6.45) is 5.52. The smallest absolute Gasteiger partial charge is 0.264 e. The van der Waals surface area contributed by atoms with Crippen molar-refractivity contribution in [3.8, 4) is 28.8 Å². The van der Waals surface area contributed by atoms with Gasteiger partial charge in [0, 0.05) is 30.4 Å². The van der Waals surface area contributed by atoms with E-state index in [1.54, 1.807) is 15.7 Å². The van der Waals surface area contributed by atoms with Crippen molar-refractivity contribution in [1.82, 2.24) is 14.7 Å². The molecule has 174 valence electrons. The van der Waals surface area contributed by atoms with Crippen molar-refractivity contribution in [2.24, 2.45) is 0 Å². The fraction of sp³-hybridized carbons (Fsp3) is 0.296. The van der Waals surface area contributed by atoms with Crippen LogP contribution >= 0.6 is 0 Å². The number of ether oxygens (including phenoxy) is 2. The van der Waals surface area contributed by atoms with Gasteiger partial charge in [0.15, 0.2) is 0 Å². The highest BCUT2D eigenvalue weighted by molar-refractivity contribution is 6.02. The van der Waals surface area contributed by atoms with Crippen LogP contribution in [0.2, 0.25) is 0 Å². The van der Waals surface area contributed by atoms with E-state index in [1.165, 1.54) is 0 Å². The number of morpholine rings is 1. The van der Waals surface area contributed by atoms with Crippen LogP contribution in [0.25, 0.3) is 23.0 Å². The van der Waals surface area contributed by atoms with E-state index >= 15 is 0 Å². The number of para-hydroxylation sites is 1. The maximum atomic E-state index is 13.0. The third kappa shape index (κ3) is 5.53. The number of carbonyl (C=O) groups is 1. The summed E-state index contributed by atoms with van der Waals surface area (Å²) >= 11 is 0. The van der Waals surface area contributed by atoms with Crippen LogP contribution in [0, 0.1) is 11.3 Å². The molecule has 4 rings (SSSR count). The van der Waals surface area contributed by atoms with Gasteiger partial charge in [-0.25, -0.2) is 4.68 Å². The Balaban J connectivity index is 1.73. The van der Waals surface area contributed by atoms with Crippen molar-refractivity contribution in [3.05, 3.63) is 71.9 Å². The molecule has 1 saturated heterocycles. The molecular weight excluding hydrogens is 428 g/mol. The summed E-state index contributed by atoms with van der Waals surface area (Å²) in [6.45, 7) is 4.69. The minimum absolute atomic E-state index is 0.0751. The predicted molar refractivity (Wildman–Crippen MR) is 130 cm³/mol. The summed E-state index contributed by atoms with van der Waals surface area (Å²) in [5.74, 6) is 0.473. The Labute approximate surface area is 199 Å². The molecule has 0 saturated carbocycles. The molecule has 1 fully saturated rings. The number of rotatable bonds is 8. The summed E-state index contributed by atoms with van der Waals surface area (Å²) in [5.41, 5.74) is 3.17. The molecule has 7 nitrogen and oxygen atoms in total. The van der Waals surface area contributed by atoms with E-state index in [0.29, 0.717) is 44.2 Å². The Hall–Kier alpha value is -3.89. The van der Waals surface area contributed by atoms with Gasteiger partial charge in [-0.2, -0.15) is 10.4 Å². The number of aromatic nitrogens is 2. The molecule has 3 aromatic rings. The van der Waals surface area contributed by atoms with E-state index in [9.17, 15) is 10.1 Å². The lowest BCUT2D eigenvalue weighted by Gasteiger charge is -2.26. The van der Waals surface area contributed by atoms with Gasteiger partial charge in [-0.1, -0.05) is 43.7 Å². The van der Waals surface area contributed by atoms with E-state index < -0.39 is 0 Å². The number of nitrogens with zero attached hydrogens (tertiary/aromatic N) is 4. The molecule has 2 aromatic carbocycles. The number of carbonyl (C=O) groups excluding carboxylic acids is 1. The zero-order valence-electron chi connectivity index (χ0n) is 19.3. The Bertz CT molecular complexity index is 1190. The van der Waals surface area contributed by atoms with Crippen LogP contribution in [0.5, 0.6) is 5.75 Å². The first-order valence-corrected chi connectivity index (χ1v) is 11.6. The molecule has 1 aliphatic heterocycles. The van der Waals surface area contributed by atoms with Crippen LogP contribution in [0.3, 0.4) is 0 Å². The second-order valence-electron chi connectivity index (χ2n) is 8.02. The topological polar surface area (TPSA) is 80.4 Å². The molecule has 0 unspecified atom stereocenters. The van der Waals surface area contributed by atoms with Gasteiger partial charge in [-0.3, -0.25) is 4.79 Å². The molecule has 0 spiro atoms. The Morgan fingerprint density at radius 2 is 1.97 bits per heavy atom. The first-order valence-electron chi connectivity index (χ1n) is 11.6. The van der Waals surface area contributed by atoms with Gasteiger partial charge in [0.05, 0.1) is 25.5 Å². The van der Waals surface area contributed by atoms with Gasteiger partial charge in [0.2, 0.25) is 0 Å². The number of unbranched alkanes of at least 4 members (excludes halogenated alkanes) is 1. The average Bonchev–Trinajstić information content (AvgIpc) is 3.32. The summed E-state index contributed by atoms with van der Waals surface area (Å²) < 4.78 is 13.0. The fourth-order valence-corrected chi connectivity index (χ4v) is 3.73. The molecule has 0 aliphatic carbocycles. The zero-order chi connectivity index (χ0) is 23.8. The number of hydrogen-bond donors (Lipinski definition) is 0. The highest BCUT2D eigenvalue weighted by Crippen LogP contribution is 2.29. The van der Waals surface area contributed by atoms with Crippen LogP contribution in [0.1, 0.15) is 25.3 Å². The Morgan fingerprint density at radius 3 is 2.71 bits per heavy atom. The second-order valence-corrected chi connectivity index (χ2v) is 8.02. The third-order valence-corrected chi connectivity index (χ3v) is 5.59. The van der Waals surface area contributed by atoms with E-state index in [1.807, 2.05) is 60.8 Å². The first-order chi connectivity index (χ1) is 16.7. The van der Waals surface area contributed by atoms with Gasteiger partial charge in [0.25, 0.3) is 5.91 Å². The normalized spacial score (nSPS) is 14.0. The fourth-order valence-electron chi connectivity index (χ4n) is 3.73. The first kappa shape index (κ1) is 23.3. The lowest BCUT2D eigenvalue weighted by atomic mass is 10.1. The molecule has 1 aromatic heterocycles. The SMILES string of the molecule is CCCCOc1cccc(-c2nn(-c3ccccc3)cc2/C=C(/C#N)C(=O)N2CCOCC2)c1. The quantitative estimate of drug-likeness (QED) is 0.284. The van der Waals surface area contributed by atoms with Crippen molar-refractivity contribution in [2.75, 3.05) is 32.9 Å². The number of amides is 1. The molecular formula is C27H28N4O3. The van der Waals surface area contributed by atoms with Crippen molar-refractivity contribution in [2.45, 2.75) is 19.8 Å². The van der Waals surface area contributed by atoms with Gasteiger partial charge in [-0.05, 0) is 36.8 Å². The van der Waals surface area contributed by atoms with E-state index in [4.69, 9.17) is 14.6 Å². The molecule has 1 amide bonds. The van der Waals surface area contributed by atoms with Crippen molar-refractivity contribution >= 4 is 12.0 Å². The summed E-state index contributed by atoms with van der Waals surface area (Å²) in [4.78, 5) is 14.6. The number of hydrogen-bond acceptors (Lipinski definition) is 5. The average molecular weight is 457 g/mol. The predicted octanol–water partition coefficient (Wildman–Crippen LogP) is 4.48. The summed E-state index contributed by atoms with van der Waals surface area (Å²) in [5, 5.41) is 14.6. The molecule has 2 heterocycles. The van der Waals surface area contributed by atoms with E-state index in [0.717, 1.165) is 29.8 Å². The highest BCUT2D eigenvalue weighted by Gasteiger charge is 2.22.